The summed E-state index contributed by atoms with van der Waals surface area (Å²) >= 11 is 1.79. The highest BCUT2D eigenvalue weighted by Gasteiger charge is 1.98. The van der Waals surface area contributed by atoms with E-state index in [1.807, 2.05) is 42.5 Å². The third-order valence-corrected chi connectivity index (χ3v) is 3.99. The fraction of sp³-hybridized carbons (Fsp3) is 0.235. The number of ether oxygens (including phenoxy) is 1. The van der Waals surface area contributed by atoms with Crippen LogP contribution in [0.1, 0.15) is 17.5 Å². The summed E-state index contributed by atoms with van der Waals surface area (Å²) in [4.78, 5) is 1.19. The standard InChI is InChI=1S/C17H17NOS/c1-14-5-2-3-6-17(14)19-11-4-12-20-16-9-7-15(13-18)8-10-16/h2-3,5-10H,4,11-12H2,1H3. The van der Waals surface area contributed by atoms with Gasteiger partial charge in [0.1, 0.15) is 5.75 Å². The first-order valence-electron chi connectivity index (χ1n) is 6.61. The van der Waals surface area contributed by atoms with Gasteiger partial charge in [0, 0.05) is 10.6 Å². The van der Waals surface area contributed by atoms with Crippen LogP contribution in [-0.4, -0.2) is 12.4 Å². The van der Waals surface area contributed by atoms with Gasteiger partial charge in [-0.05, 0) is 49.2 Å². The number of nitriles is 1. The second kappa shape index (κ2) is 7.62. The van der Waals surface area contributed by atoms with Crippen LogP contribution in [0.2, 0.25) is 0 Å². The van der Waals surface area contributed by atoms with Gasteiger partial charge >= 0.3 is 0 Å². The fourth-order valence-corrected chi connectivity index (χ4v) is 2.60. The first-order chi connectivity index (χ1) is 9.79. The van der Waals surface area contributed by atoms with Crippen LogP contribution in [0.25, 0.3) is 0 Å². The van der Waals surface area contributed by atoms with Crippen LogP contribution in [-0.2, 0) is 0 Å². The lowest BCUT2D eigenvalue weighted by molar-refractivity contribution is 0.316. The molecule has 0 aliphatic carbocycles. The molecule has 2 aromatic rings. The minimum Gasteiger partial charge on any atom is -0.493 e. The molecule has 0 saturated carbocycles. The maximum atomic E-state index is 8.73. The molecule has 0 N–H and O–H groups in total. The number of para-hydroxylation sites is 1. The Balaban J connectivity index is 1.69. The molecule has 0 bridgehead atoms. The molecule has 0 unspecified atom stereocenters. The van der Waals surface area contributed by atoms with Crippen molar-refractivity contribution < 1.29 is 4.74 Å². The molecule has 2 rings (SSSR count). The molecule has 0 saturated heterocycles. The Hall–Kier alpha value is -1.92. The number of rotatable bonds is 6. The molecular weight excluding hydrogens is 266 g/mol. The second-order valence-electron chi connectivity index (χ2n) is 4.45. The number of aryl methyl sites for hydroxylation is 1. The van der Waals surface area contributed by atoms with E-state index < -0.39 is 0 Å². The van der Waals surface area contributed by atoms with Crippen molar-refractivity contribution in [2.45, 2.75) is 18.2 Å². The lowest BCUT2D eigenvalue weighted by Crippen LogP contribution is -1.99. The third kappa shape index (κ3) is 4.32. The molecule has 0 atom stereocenters. The van der Waals surface area contributed by atoms with Crippen LogP contribution in [0.4, 0.5) is 0 Å². The van der Waals surface area contributed by atoms with Crippen LogP contribution in [0.15, 0.2) is 53.4 Å². The van der Waals surface area contributed by atoms with Crippen LogP contribution < -0.4 is 4.74 Å². The lowest BCUT2D eigenvalue weighted by atomic mass is 10.2. The highest BCUT2D eigenvalue weighted by molar-refractivity contribution is 7.99. The fourth-order valence-electron chi connectivity index (χ4n) is 1.78. The summed E-state index contributed by atoms with van der Waals surface area (Å²) in [6.07, 6.45) is 0.999. The minimum absolute atomic E-state index is 0.706. The van der Waals surface area contributed by atoms with Gasteiger partial charge in [-0.2, -0.15) is 5.26 Å². The maximum absolute atomic E-state index is 8.73. The van der Waals surface area contributed by atoms with E-state index in [1.54, 1.807) is 11.8 Å². The van der Waals surface area contributed by atoms with E-state index in [1.165, 1.54) is 10.5 Å². The van der Waals surface area contributed by atoms with Gasteiger partial charge in [0.05, 0.1) is 18.2 Å². The summed E-state index contributed by atoms with van der Waals surface area (Å²) in [5, 5.41) is 8.73. The Kier molecular flexibility index (Phi) is 5.52. The van der Waals surface area contributed by atoms with Gasteiger partial charge < -0.3 is 4.74 Å². The van der Waals surface area contributed by atoms with Crippen molar-refractivity contribution in [2.75, 3.05) is 12.4 Å². The number of benzene rings is 2. The van der Waals surface area contributed by atoms with Gasteiger partial charge in [-0.1, -0.05) is 18.2 Å². The molecule has 2 nitrogen and oxygen atoms in total. The van der Waals surface area contributed by atoms with E-state index in [0.717, 1.165) is 24.5 Å². The molecule has 0 aliphatic rings. The highest BCUT2D eigenvalue weighted by atomic mass is 32.2. The Morgan fingerprint density at radius 2 is 1.85 bits per heavy atom. The number of thioether (sulfide) groups is 1. The average Bonchev–Trinajstić information content (AvgIpc) is 2.49. The van der Waals surface area contributed by atoms with E-state index in [9.17, 15) is 0 Å². The van der Waals surface area contributed by atoms with Gasteiger partial charge in [0.2, 0.25) is 0 Å². The topological polar surface area (TPSA) is 33.0 Å². The van der Waals surface area contributed by atoms with E-state index in [2.05, 4.69) is 19.1 Å². The first-order valence-corrected chi connectivity index (χ1v) is 7.59. The zero-order valence-electron chi connectivity index (χ0n) is 11.5. The Morgan fingerprint density at radius 3 is 2.55 bits per heavy atom. The molecule has 0 spiro atoms. The quantitative estimate of drug-likeness (QED) is 0.581. The molecule has 0 aromatic heterocycles. The van der Waals surface area contributed by atoms with Crippen molar-refractivity contribution in [3.05, 3.63) is 59.7 Å². The summed E-state index contributed by atoms with van der Waals surface area (Å²) in [7, 11) is 0. The van der Waals surface area contributed by atoms with Crippen LogP contribution in [0.3, 0.4) is 0 Å². The number of nitrogens with zero attached hydrogens (tertiary/aromatic N) is 1. The first kappa shape index (κ1) is 14.5. The molecule has 0 heterocycles. The maximum Gasteiger partial charge on any atom is 0.122 e. The SMILES string of the molecule is Cc1ccccc1OCCCSc1ccc(C#N)cc1. The molecule has 0 aliphatic heterocycles. The van der Waals surface area contributed by atoms with Crippen LogP contribution >= 0.6 is 11.8 Å². The second-order valence-corrected chi connectivity index (χ2v) is 5.62. The van der Waals surface area contributed by atoms with Crippen molar-refractivity contribution in [1.82, 2.24) is 0 Å². The minimum atomic E-state index is 0.706. The van der Waals surface area contributed by atoms with Gasteiger partial charge in [0.25, 0.3) is 0 Å². The largest absolute Gasteiger partial charge is 0.493 e. The summed E-state index contributed by atoms with van der Waals surface area (Å²) in [5.41, 5.74) is 1.88. The summed E-state index contributed by atoms with van der Waals surface area (Å²) in [6.45, 7) is 2.79. The molecule has 20 heavy (non-hydrogen) atoms. The van der Waals surface area contributed by atoms with E-state index in [4.69, 9.17) is 10.00 Å². The van der Waals surface area contributed by atoms with Gasteiger partial charge in [0.15, 0.2) is 0 Å². The van der Waals surface area contributed by atoms with E-state index >= 15 is 0 Å². The number of hydrogen-bond acceptors (Lipinski definition) is 3. The Morgan fingerprint density at radius 1 is 1.10 bits per heavy atom. The zero-order chi connectivity index (χ0) is 14.2. The van der Waals surface area contributed by atoms with Crippen molar-refractivity contribution in [3.8, 4) is 11.8 Å². The molecule has 0 amide bonds. The average molecular weight is 283 g/mol. The van der Waals surface area contributed by atoms with Crippen molar-refractivity contribution in [2.24, 2.45) is 0 Å². The van der Waals surface area contributed by atoms with Gasteiger partial charge in [-0.3, -0.25) is 0 Å². The Bertz CT molecular complexity index is 587. The summed E-state index contributed by atoms with van der Waals surface area (Å²) < 4.78 is 5.75. The van der Waals surface area contributed by atoms with Crippen molar-refractivity contribution in [1.29, 1.82) is 5.26 Å². The molecule has 102 valence electrons. The predicted molar refractivity (Wildman–Crippen MR) is 83.2 cm³/mol. The van der Waals surface area contributed by atoms with E-state index in [-0.39, 0.29) is 0 Å². The van der Waals surface area contributed by atoms with Gasteiger partial charge in [-0.25, -0.2) is 0 Å². The van der Waals surface area contributed by atoms with Gasteiger partial charge in [-0.15, -0.1) is 11.8 Å². The lowest BCUT2D eigenvalue weighted by Gasteiger charge is -2.08. The van der Waals surface area contributed by atoms with E-state index in [0.29, 0.717) is 5.56 Å². The predicted octanol–water partition coefficient (Wildman–Crippen LogP) is 4.43. The van der Waals surface area contributed by atoms with Crippen LogP contribution in [0.5, 0.6) is 5.75 Å². The molecule has 0 radical (unpaired) electrons. The molecular formula is C17H17NOS. The number of hydrogen-bond donors (Lipinski definition) is 0. The smallest absolute Gasteiger partial charge is 0.122 e. The van der Waals surface area contributed by atoms with Crippen molar-refractivity contribution in [3.63, 3.8) is 0 Å². The molecule has 0 fully saturated rings. The normalized spacial score (nSPS) is 10.0. The third-order valence-electron chi connectivity index (χ3n) is 2.89. The monoisotopic (exact) mass is 283 g/mol. The molecule has 2 aromatic carbocycles. The molecule has 3 heteroatoms. The Labute approximate surface area is 124 Å². The van der Waals surface area contributed by atoms with Crippen molar-refractivity contribution >= 4 is 11.8 Å². The summed E-state index contributed by atoms with van der Waals surface area (Å²) in [6, 6.07) is 17.9. The summed E-state index contributed by atoms with van der Waals surface area (Å²) in [5.74, 6) is 1.98. The zero-order valence-corrected chi connectivity index (χ0v) is 12.3. The van der Waals surface area contributed by atoms with Crippen LogP contribution in [0, 0.1) is 18.3 Å². The highest BCUT2D eigenvalue weighted by Crippen LogP contribution is 2.20.